The zero-order valence-electron chi connectivity index (χ0n) is 8.85. The van der Waals surface area contributed by atoms with Crippen LogP contribution >= 0.6 is 0 Å². The third-order valence-electron chi connectivity index (χ3n) is 0.498. The molecule has 70 valence electrons. The molecule has 0 spiro atoms. The van der Waals surface area contributed by atoms with Crippen molar-refractivity contribution in [3.05, 3.63) is 0 Å². The molecule has 0 saturated heterocycles. The van der Waals surface area contributed by atoms with Crippen LogP contribution < -0.4 is 0 Å². The fourth-order valence-corrected chi connectivity index (χ4v) is 0.202. The molecule has 0 aromatic carbocycles. The maximum atomic E-state index is 4.78. The van der Waals surface area contributed by atoms with Gasteiger partial charge in [-0.05, 0) is 13.8 Å². The van der Waals surface area contributed by atoms with E-state index in [2.05, 4.69) is 4.99 Å². The molecule has 11 heavy (non-hydrogen) atoms. The van der Waals surface area contributed by atoms with Crippen LogP contribution in [0.25, 0.3) is 0 Å². The van der Waals surface area contributed by atoms with Crippen molar-refractivity contribution in [2.75, 3.05) is 13.2 Å². The molecule has 0 atom stereocenters. The Kier molecular flexibility index (Phi) is 52.0. The van der Waals surface area contributed by atoms with Crippen LogP contribution in [0.3, 0.4) is 0 Å². The zero-order valence-corrected chi connectivity index (χ0v) is 8.85. The Bertz CT molecular complexity index is 53.5. The zero-order chi connectivity index (χ0) is 9.54. The Balaban J connectivity index is -0.000000138. The van der Waals surface area contributed by atoms with E-state index in [0.717, 1.165) is 6.54 Å². The van der Waals surface area contributed by atoms with E-state index in [1.165, 1.54) is 6.40 Å². The van der Waals surface area contributed by atoms with Gasteiger partial charge in [-0.25, -0.2) is 0 Å². The maximum Gasteiger partial charge on any atom is 0.169 e. The van der Waals surface area contributed by atoms with Crippen LogP contribution in [0.1, 0.15) is 41.5 Å². The minimum atomic E-state index is 0.712. The first kappa shape index (κ1) is 16.8. The molecular weight excluding hydrogens is 138 g/mol. The summed E-state index contributed by atoms with van der Waals surface area (Å²) in [5.41, 5.74) is 0. The average molecular weight is 161 g/mol. The lowest BCUT2D eigenvalue weighted by Gasteiger charge is -1.87. The summed E-state index contributed by atoms with van der Waals surface area (Å²) in [6, 6.07) is 0. The SMILES string of the molecule is CC.CC.CCN=COCC. The van der Waals surface area contributed by atoms with Crippen molar-refractivity contribution >= 4 is 6.40 Å². The van der Waals surface area contributed by atoms with Gasteiger partial charge in [-0.2, -0.15) is 0 Å². The van der Waals surface area contributed by atoms with Gasteiger partial charge >= 0.3 is 0 Å². The van der Waals surface area contributed by atoms with Crippen LogP contribution in [0.15, 0.2) is 4.99 Å². The first-order chi connectivity index (χ1) is 5.41. The smallest absolute Gasteiger partial charge is 0.169 e. The third-order valence-corrected chi connectivity index (χ3v) is 0.498. The molecule has 2 nitrogen and oxygen atoms in total. The lowest BCUT2D eigenvalue weighted by atomic mass is 10.8. The van der Waals surface area contributed by atoms with Crippen molar-refractivity contribution in [3.63, 3.8) is 0 Å². The normalized spacial score (nSPS) is 7.45. The summed E-state index contributed by atoms with van der Waals surface area (Å²) in [7, 11) is 0. The molecule has 0 aliphatic carbocycles. The maximum absolute atomic E-state index is 4.78. The van der Waals surface area contributed by atoms with E-state index in [1.807, 2.05) is 41.5 Å². The lowest BCUT2D eigenvalue weighted by molar-refractivity contribution is 0.342. The van der Waals surface area contributed by atoms with E-state index in [1.54, 1.807) is 0 Å². The molecule has 0 heterocycles. The Morgan fingerprint density at radius 3 is 1.82 bits per heavy atom. The molecule has 0 aliphatic heterocycles. The highest BCUT2D eigenvalue weighted by molar-refractivity contribution is 5.45. The van der Waals surface area contributed by atoms with Crippen molar-refractivity contribution in [3.8, 4) is 0 Å². The van der Waals surface area contributed by atoms with Crippen LogP contribution in [0.2, 0.25) is 0 Å². The molecule has 0 N–H and O–H groups in total. The van der Waals surface area contributed by atoms with Gasteiger partial charge in [0.15, 0.2) is 6.40 Å². The number of ether oxygens (including phenoxy) is 1. The minimum absolute atomic E-state index is 0.712. The fourth-order valence-electron chi connectivity index (χ4n) is 0.202. The van der Waals surface area contributed by atoms with Gasteiger partial charge in [0.1, 0.15) is 0 Å². The van der Waals surface area contributed by atoms with Gasteiger partial charge in [0.2, 0.25) is 0 Å². The summed E-state index contributed by atoms with van der Waals surface area (Å²) in [4.78, 5) is 3.81. The van der Waals surface area contributed by atoms with Gasteiger partial charge in [-0.3, -0.25) is 4.99 Å². The van der Waals surface area contributed by atoms with E-state index in [9.17, 15) is 0 Å². The first-order valence-corrected chi connectivity index (χ1v) is 4.51. The van der Waals surface area contributed by atoms with Gasteiger partial charge in [0.25, 0.3) is 0 Å². The van der Waals surface area contributed by atoms with E-state index in [-0.39, 0.29) is 0 Å². The highest BCUT2D eigenvalue weighted by Gasteiger charge is 1.65. The molecule has 0 saturated carbocycles. The fraction of sp³-hybridized carbons (Fsp3) is 0.889. The molecule has 0 bridgehead atoms. The Hall–Kier alpha value is -0.530. The van der Waals surface area contributed by atoms with Gasteiger partial charge in [0.05, 0.1) is 6.61 Å². The third kappa shape index (κ3) is 43.9. The highest BCUT2D eigenvalue weighted by Crippen LogP contribution is 1.66. The monoisotopic (exact) mass is 161 g/mol. The summed E-state index contributed by atoms with van der Waals surface area (Å²) < 4.78 is 4.78. The molecule has 0 aromatic rings. The average Bonchev–Trinajstić information content (AvgIpc) is 2.13. The molecule has 0 unspecified atom stereocenters. The van der Waals surface area contributed by atoms with E-state index in [4.69, 9.17) is 4.74 Å². The molecule has 0 rings (SSSR count). The number of rotatable bonds is 3. The molecule has 0 aliphatic rings. The second-order valence-electron chi connectivity index (χ2n) is 1.06. The molecule has 0 radical (unpaired) electrons. The molecule has 0 aromatic heterocycles. The number of aliphatic imine (C=N–C) groups is 1. The first-order valence-electron chi connectivity index (χ1n) is 4.51. The van der Waals surface area contributed by atoms with Crippen LogP contribution in [0.4, 0.5) is 0 Å². The van der Waals surface area contributed by atoms with Crippen LogP contribution in [-0.2, 0) is 4.74 Å². The predicted molar refractivity (Wildman–Crippen MR) is 53.4 cm³/mol. The molecule has 2 heteroatoms. The quantitative estimate of drug-likeness (QED) is 0.460. The van der Waals surface area contributed by atoms with Gasteiger partial charge in [-0.15, -0.1) is 0 Å². The van der Waals surface area contributed by atoms with Crippen molar-refractivity contribution in [1.82, 2.24) is 0 Å². The van der Waals surface area contributed by atoms with Gasteiger partial charge in [-0.1, -0.05) is 27.7 Å². The minimum Gasteiger partial charge on any atom is -0.484 e. The predicted octanol–water partition coefficient (Wildman–Crippen LogP) is 3.12. The standard InChI is InChI=1S/C5H11NO.2C2H6/c1-3-6-5-7-4-2;2*1-2/h5H,3-4H2,1-2H3;2*1-2H3. The van der Waals surface area contributed by atoms with Crippen LogP contribution in [0.5, 0.6) is 0 Å². The lowest BCUT2D eigenvalue weighted by Crippen LogP contribution is -1.84. The number of nitrogens with zero attached hydrogens (tertiary/aromatic N) is 1. The summed E-state index contributed by atoms with van der Waals surface area (Å²) >= 11 is 0. The van der Waals surface area contributed by atoms with Gasteiger partial charge < -0.3 is 4.74 Å². The Labute approximate surface area is 71.7 Å². The number of hydrogen-bond donors (Lipinski definition) is 0. The topological polar surface area (TPSA) is 21.6 Å². The summed E-state index contributed by atoms with van der Waals surface area (Å²) in [6.45, 7) is 13.4. The second-order valence-corrected chi connectivity index (χ2v) is 1.06. The summed E-state index contributed by atoms with van der Waals surface area (Å²) in [6.07, 6.45) is 1.49. The van der Waals surface area contributed by atoms with E-state index >= 15 is 0 Å². The van der Waals surface area contributed by atoms with Crippen molar-refractivity contribution in [2.24, 2.45) is 4.99 Å². The second kappa shape index (κ2) is 34.0. The molecule has 0 amide bonds. The summed E-state index contributed by atoms with van der Waals surface area (Å²) in [5.74, 6) is 0. The van der Waals surface area contributed by atoms with Crippen molar-refractivity contribution in [1.29, 1.82) is 0 Å². The van der Waals surface area contributed by atoms with Crippen LogP contribution in [0, 0.1) is 0 Å². The Morgan fingerprint density at radius 1 is 1.09 bits per heavy atom. The Morgan fingerprint density at radius 2 is 1.55 bits per heavy atom. The van der Waals surface area contributed by atoms with Crippen molar-refractivity contribution < 1.29 is 4.74 Å². The highest BCUT2D eigenvalue weighted by atomic mass is 16.5. The van der Waals surface area contributed by atoms with E-state index < -0.39 is 0 Å². The van der Waals surface area contributed by atoms with Gasteiger partial charge in [0, 0.05) is 6.54 Å². The largest absolute Gasteiger partial charge is 0.484 e. The summed E-state index contributed by atoms with van der Waals surface area (Å²) in [5, 5.41) is 0. The van der Waals surface area contributed by atoms with Crippen LogP contribution in [-0.4, -0.2) is 19.6 Å². The molecular formula is C9H23NO. The van der Waals surface area contributed by atoms with E-state index in [0.29, 0.717) is 6.61 Å². The van der Waals surface area contributed by atoms with Crippen molar-refractivity contribution in [2.45, 2.75) is 41.5 Å². The molecule has 0 fully saturated rings. The number of hydrogen-bond acceptors (Lipinski definition) is 2.